The molecule has 1 aromatic heterocycles. The van der Waals surface area contributed by atoms with Gasteiger partial charge in [0.1, 0.15) is 5.56 Å². The summed E-state index contributed by atoms with van der Waals surface area (Å²) in [7, 11) is 1.66. The lowest BCUT2D eigenvalue weighted by atomic mass is 9.94. The number of methoxy groups -OCH3 is 1. The van der Waals surface area contributed by atoms with E-state index in [2.05, 4.69) is 10.2 Å². The predicted molar refractivity (Wildman–Crippen MR) is 82.0 cm³/mol. The van der Waals surface area contributed by atoms with Gasteiger partial charge in [0.05, 0.1) is 24.5 Å². The highest BCUT2D eigenvalue weighted by Crippen LogP contribution is 2.49. The number of amides is 1. The van der Waals surface area contributed by atoms with Crippen LogP contribution in [-0.4, -0.2) is 52.3 Å². The number of hydrogen-bond acceptors (Lipinski definition) is 4. The molecule has 2 heterocycles. The van der Waals surface area contributed by atoms with Crippen molar-refractivity contribution in [1.82, 2.24) is 15.1 Å². The van der Waals surface area contributed by atoms with Crippen molar-refractivity contribution in [3.63, 3.8) is 0 Å². The third-order valence-electron chi connectivity index (χ3n) is 4.99. The first kappa shape index (κ1) is 16.0. The molecule has 1 atom stereocenters. The molecule has 1 aliphatic heterocycles. The standard InChI is InChI=1S/C16H23N3O4/c1-23-10-16(5-6-16)8-13(20)19-7-3-2-4-12(19)14-11(15(21)22)9-17-18-14/h9,12H,2-8,10H2,1H3,(H,17,18)(H,21,22). The minimum atomic E-state index is -1.01. The van der Waals surface area contributed by atoms with Crippen LogP contribution in [0.5, 0.6) is 0 Å². The van der Waals surface area contributed by atoms with Crippen LogP contribution in [0.2, 0.25) is 0 Å². The number of aromatic carboxylic acids is 1. The predicted octanol–water partition coefficient (Wildman–Crippen LogP) is 1.98. The van der Waals surface area contributed by atoms with Crippen LogP contribution in [0, 0.1) is 5.41 Å². The number of H-pyrrole nitrogens is 1. The minimum Gasteiger partial charge on any atom is -0.478 e. The number of likely N-dealkylation sites (tertiary alicyclic amines) is 1. The van der Waals surface area contributed by atoms with Gasteiger partial charge in [0, 0.05) is 25.5 Å². The van der Waals surface area contributed by atoms with E-state index >= 15 is 0 Å². The van der Waals surface area contributed by atoms with Gasteiger partial charge in [-0.15, -0.1) is 0 Å². The van der Waals surface area contributed by atoms with Gasteiger partial charge in [-0.3, -0.25) is 9.89 Å². The van der Waals surface area contributed by atoms with Gasteiger partial charge < -0.3 is 14.7 Å². The van der Waals surface area contributed by atoms with E-state index in [1.165, 1.54) is 6.20 Å². The lowest BCUT2D eigenvalue weighted by molar-refractivity contribution is -0.137. The zero-order valence-corrected chi connectivity index (χ0v) is 13.4. The van der Waals surface area contributed by atoms with Gasteiger partial charge >= 0.3 is 5.97 Å². The maximum atomic E-state index is 12.8. The molecule has 0 bridgehead atoms. The second-order valence-corrected chi connectivity index (χ2v) is 6.71. The smallest absolute Gasteiger partial charge is 0.339 e. The third kappa shape index (κ3) is 3.24. The normalized spacial score (nSPS) is 22.8. The van der Waals surface area contributed by atoms with E-state index in [1.54, 1.807) is 7.11 Å². The summed E-state index contributed by atoms with van der Waals surface area (Å²) in [6, 6.07) is -0.219. The van der Waals surface area contributed by atoms with Crippen LogP contribution in [0.1, 0.15) is 60.6 Å². The molecule has 1 saturated heterocycles. The number of nitrogens with one attached hydrogen (secondary N) is 1. The van der Waals surface area contributed by atoms with Crippen molar-refractivity contribution in [1.29, 1.82) is 0 Å². The number of piperidine rings is 1. The van der Waals surface area contributed by atoms with E-state index in [4.69, 9.17) is 4.74 Å². The van der Waals surface area contributed by atoms with E-state index in [1.807, 2.05) is 4.90 Å². The van der Waals surface area contributed by atoms with Gasteiger partial charge in [0.25, 0.3) is 0 Å². The third-order valence-corrected chi connectivity index (χ3v) is 4.99. The maximum Gasteiger partial charge on any atom is 0.339 e. The summed E-state index contributed by atoms with van der Waals surface area (Å²) >= 11 is 0. The van der Waals surface area contributed by atoms with Crippen molar-refractivity contribution in [3.05, 3.63) is 17.5 Å². The SMILES string of the molecule is COCC1(CC(=O)N2CCCCC2c2[nH]ncc2C(=O)O)CC1. The molecule has 23 heavy (non-hydrogen) atoms. The fourth-order valence-electron chi connectivity index (χ4n) is 3.53. The first-order valence-electron chi connectivity index (χ1n) is 8.11. The molecule has 1 aliphatic carbocycles. The fourth-order valence-corrected chi connectivity index (χ4v) is 3.53. The molecule has 2 fully saturated rings. The Morgan fingerprint density at radius 1 is 1.48 bits per heavy atom. The zero-order chi connectivity index (χ0) is 16.4. The summed E-state index contributed by atoms with van der Waals surface area (Å²) in [5, 5.41) is 16.0. The van der Waals surface area contributed by atoms with Gasteiger partial charge in [0.2, 0.25) is 5.91 Å². The highest BCUT2D eigenvalue weighted by Gasteiger charge is 2.46. The lowest BCUT2D eigenvalue weighted by Crippen LogP contribution is -2.40. The average Bonchev–Trinajstić information content (AvgIpc) is 3.11. The number of aromatic nitrogens is 2. The molecule has 7 nitrogen and oxygen atoms in total. The lowest BCUT2D eigenvalue weighted by Gasteiger charge is -2.36. The largest absolute Gasteiger partial charge is 0.478 e. The Bertz CT molecular complexity index is 594. The van der Waals surface area contributed by atoms with E-state index in [-0.39, 0.29) is 22.9 Å². The molecule has 1 aromatic rings. The highest BCUT2D eigenvalue weighted by atomic mass is 16.5. The molecule has 2 aliphatic rings. The van der Waals surface area contributed by atoms with E-state index in [0.29, 0.717) is 25.3 Å². The first-order valence-corrected chi connectivity index (χ1v) is 8.11. The molecule has 1 amide bonds. The first-order chi connectivity index (χ1) is 11.1. The van der Waals surface area contributed by atoms with Crippen molar-refractivity contribution in [2.75, 3.05) is 20.3 Å². The molecule has 2 N–H and O–H groups in total. The molecule has 7 heteroatoms. The zero-order valence-electron chi connectivity index (χ0n) is 13.4. The summed E-state index contributed by atoms with van der Waals surface area (Å²) < 4.78 is 5.24. The second-order valence-electron chi connectivity index (χ2n) is 6.71. The van der Waals surface area contributed by atoms with Gasteiger partial charge in [-0.05, 0) is 32.1 Å². The quantitative estimate of drug-likeness (QED) is 0.835. The van der Waals surface area contributed by atoms with E-state index in [0.717, 1.165) is 32.1 Å². The minimum absolute atomic E-state index is 0.00254. The number of carbonyl (C=O) groups is 2. The van der Waals surface area contributed by atoms with Crippen molar-refractivity contribution in [3.8, 4) is 0 Å². The Hall–Kier alpha value is -1.89. The van der Waals surface area contributed by atoms with Crippen LogP contribution in [0.25, 0.3) is 0 Å². The van der Waals surface area contributed by atoms with Gasteiger partial charge in [-0.2, -0.15) is 5.10 Å². The number of rotatable bonds is 6. The van der Waals surface area contributed by atoms with Crippen molar-refractivity contribution in [2.24, 2.45) is 5.41 Å². The number of hydrogen-bond donors (Lipinski definition) is 2. The summed E-state index contributed by atoms with van der Waals surface area (Å²) in [6.45, 7) is 1.28. The van der Waals surface area contributed by atoms with E-state index < -0.39 is 5.97 Å². The Balaban J connectivity index is 1.77. The van der Waals surface area contributed by atoms with E-state index in [9.17, 15) is 14.7 Å². The van der Waals surface area contributed by atoms with Crippen LogP contribution < -0.4 is 0 Å². The molecule has 1 unspecified atom stereocenters. The number of ether oxygens (including phenoxy) is 1. The number of carboxylic acids is 1. The Morgan fingerprint density at radius 2 is 2.26 bits per heavy atom. The van der Waals surface area contributed by atoms with Crippen molar-refractivity contribution < 1.29 is 19.4 Å². The monoisotopic (exact) mass is 321 g/mol. The number of nitrogens with zero attached hydrogens (tertiary/aromatic N) is 2. The molecule has 0 aromatic carbocycles. The van der Waals surface area contributed by atoms with Crippen LogP contribution in [0.15, 0.2) is 6.20 Å². The average molecular weight is 321 g/mol. The van der Waals surface area contributed by atoms with Gasteiger partial charge in [0.15, 0.2) is 0 Å². The van der Waals surface area contributed by atoms with Crippen molar-refractivity contribution >= 4 is 11.9 Å². The number of carboxylic acid groups (broad SMARTS) is 1. The fraction of sp³-hybridized carbons (Fsp3) is 0.688. The number of carbonyl (C=O) groups excluding carboxylic acids is 1. The number of aromatic amines is 1. The Labute approximate surface area is 135 Å². The molecule has 0 radical (unpaired) electrons. The Kier molecular flexibility index (Phi) is 4.39. The highest BCUT2D eigenvalue weighted by molar-refractivity contribution is 5.89. The molecule has 0 spiro atoms. The van der Waals surface area contributed by atoms with Crippen LogP contribution in [0.3, 0.4) is 0 Å². The summed E-state index contributed by atoms with van der Waals surface area (Å²) in [6.07, 6.45) is 6.55. The van der Waals surface area contributed by atoms with Gasteiger partial charge in [-0.1, -0.05) is 0 Å². The molecular formula is C16H23N3O4. The summed E-state index contributed by atoms with van der Waals surface area (Å²) in [5.74, 6) is -0.917. The Morgan fingerprint density at radius 3 is 2.91 bits per heavy atom. The van der Waals surface area contributed by atoms with Gasteiger partial charge in [-0.25, -0.2) is 4.79 Å². The molecule has 3 rings (SSSR count). The van der Waals surface area contributed by atoms with Crippen LogP contribution in [-0.2, 0) is 9.53 Å². The molecular weight excluding hydrogens is 298 g/mol. The molecule has 126 valence electrons. The second kappa shape index (κ2) is 6.31. The van der Waals surface area contributed by atoms with Crippen LogP contribution >= 0.6 is 0 Å². The topological polar surface area (TPSA) is 95.5 Å². The molecule has 1 saturated carbocycles. The van der Waals surface area contributed by atoms with Crippen LogP contribution in [0.4, 0.5) is 0 Å². The maximum absolute atomic E-state index is 12.8. The van der Waals surface area contributed by atoms with Crippen molar-refractivity contribution in [2.45, 2.75) is 44.6 Å². The summed E-state index contributed by atoms with van der Waals surface area (Å²) in [5.41, 5.74) is 0.701. The summed E-state index contributed by atoms with van der Waals surface area (Å²) in [4.78, 5) is 26.0.